The topological polar surface area (TPSA) is 76.5 Å². The molecule has 3 aromatic rings. The Hall–Kier alpha value is -3.35. The molecular weight excluding hydrogens is 440 g/mol. The highest BCUT2D eigenvalue weighted by Crippen LogP contribution is 2.20. The van der Waals surface area contributed by atoms with E-state index in [2.05, 4.69) is 37.6 Å². The normalized spacial score (nSPS) is 11.3. The minimum atomic E-state index is -0.123. The number of aryl methyl sites for hydroxylation is 1. The highest BCUT2D eigenvalue weighted by atomic mass is 16.5. The lowest BCUT2D eigenvalue weighted by atomic mass is 10.1. The molecule has 2 amide bonds. The van der Waals surface area contributed by atoms with Gasteiger partial charge >= 0.3 is 0 Å². The number of ether oxygens (including phenoxy) is 1. The number of amides is 2. The number of rotatable bonds is 12. The molecule has 0 atom stereocenters. The van der Waals surface area contributed by atoms with E-state index in [9.17, 15) is 9.59 Å². The first-order chi connectivity index (χ1) is 16.8. The summed E-state index contributed by atoms with van der Waals surface area (Å²) in [5.74, 6) is 1.50. The smallest absolute Gasteiger partial charge is 0.255 e. The van der Waals surface area contributed by atoms with Crippen LogP contribution < -0.4 is 10.1 Å². The van der Waals surface area contributed by atoms with E-state index in [0.29, 0.717) is 24.4 Å². The summed E-state index contributed by atoms with van der Waals surface area (Å²) < 4.78 is 7.34. The first-order valence-corrected chi connectivity index (χ1v) is 12.5. The number of para-hydroxylation sites is 3. The third-order valence-corrected chi connectivity index (χ3v) is 6.14. The van der Waals surface area contributed by atoms with Crippen LogP contribution in [0.4, 0.5) is 0 Å². The predicted molar refractivity (Wildman–Crippen MR) is 140 cm³/mol. The molecule has 1 heterocycles. The van der Waals surface area contributed by atoms with Gasteiger partial charge in [0.15, 0.2) is 0 Å². The molecule has 3 rings (SSSR count). The number of benzene rings is 2. The van der Waals surface area contributed by atoms with Gasteiger partial charge in [0.05, 0.1) is 23.7 Å². The van der Waals surface area contributed by atoms with Gasteiger partial charge in [-0.05, 0) is 64.8 Å². The van der Waals surface area contributed by atoms with Gasteiger partial charge in [0.1, 0.15) is 18.1 Å². The predicted octanol–water partition coefficient (Wildman–Crippen LogP) is 4.83. The van der Waals surface area contributed by atoms with Crippen molar-refractivity contribution in [3.63, 3.8) is 0 Å². The summed E-state index contributed by atoms with van der Waals surface area (Å²) in [6.45, 7) is 9.11. The largest absolute Gasteiger partial charge is 0.496 e. The number of carbonyl (C=O) groups excluding carboxylic acids is 2. The molecule has 1 aromatic heterocycles. The molecule has 0 bridgehead atoms. The number of hydrogen-bond acceptors (Lipinski definition) is 4. The van der Waals surface area contributed by atoms with Crippen LogP contribution in [0.3, 0.4) is 0 Å². The lowest BCUT2D eigenvalue weighted by Gasteiger charge is -2.31. The molecule has 0 saturated heterocycles. The lowest BCUT2D eigenvalue weighted by Crippen LogP contribution is -2.43. The van der Waals surface area contributed by atoms with Gasteiger partial charge in [0, 0.05) is 25.0 Å². The molecule has 0 radical (unpaired) electrons. The molecule has 0 unspecified atom stereocenters. The van der Waals surface area contributed by atoms with Gasteiger partial charge in [-0.1, -0.05) is 30.7 Å². The highest BCUT2D eigenvalue weighted by Gasteiger charge is 2.22. The molecule has 1 N–H and O–H groups in total. The van der Waals surface area contributed by atoms with Gasteiger partial charge in [-0.25, -0.2) is 4.98 Å². The van der Waals surface area contributed by atoms with Gasteiger partial charge in [-0.3, -0.25) is 9.59 Å². The molecular formula is C28H38N4O3. The van der Waals surface area contributed by atoms with Crippen LogP contribution in [0.2, 0.25) is 0 Å². The fourth-order valence-corrected chi connectivity index (χ4v) is 4.60. The molecule has 35 heavy (non-hydrogen) atoms. The van der Waals surface area contributed by atoms with Gasteiger partial charge < -0.3 is 19.5 Å². The minimum Gasteiger partial charge on any atom is -0.496 e. The first-order valence-electron chi connectivity index (χ1n) is 12.5. The Kier molecular flexibility index (Phi) is 9.29. The molecule has 0 spiro atoms. The number of fused-ring (bicyclic) bond motifs is 1. The Bertz CT molecular complexity index is 1130. The van der Waals surface area contributed by atoms with Crippen LogP contribution in [-0.4, -0.2) is 52.0 Å². The quantitative estimate of drug-likeness (QED) is 0.378. The van der Waals surface area contributed by atoms with Crippen molar-refractivity contribution in [2.24, 2.45) is 0 Å². The van der Waals surface area contributed by atoms with Crippen LogP contribution in [0.5, 0.6) is 5.75 Å². The number of nitrogens with zero attached hydrogens (tertiary/aromatic N) is 3. The Morgan fingerprint density at radius 2 is 1.66 bits per heavy atom. The number of imidazole rings is 1. The minimum absolute atomic E-state index is 0.110. The van der Waals surface area contributed by atoms with Crippen LogP contribution in [-0.2, 0) is 17.8 Å². The average Bonchev–Trinajstić information content (AvgIpc) is 3.17. The van der Waals surface area contributed by atoms with E-state index in [1.165, 1.54) is 0 Å². The van der Waals surface area contributed by atoms with Crippen molar-refractivity contribution in [3.8, 4) is 5.75 Å². The Labute approximate surface area is 208 Å². The molecule has 7 nitrogen and oxygen atoms in total. The van der Waals surface area contributed by atoms with Crippen molar-refractivity contribution in [3.05, 3.63) is 59.9 Å². The summed E-state index contributed by atoms with van der Waals surface area (Å²) in [4.78, 5) is 32.4. The van der Waals surface area contributed by atoms with Crippen molar-refractivity contribution in [1.82, 2.24) is 19.8 Å². The summed E-state index contributed by atoms with van der Waals surface area (Å²) in [5.41, 5.74) is 2.46. The molecule has 0 saturated carbocycles. The number of hydrogen-bond donors (Lipinski definition) is 1. The zero-order chi connectivity index (χ0) is 25.4. The van der Waals surface area contributed by atoms with E-state index in [1.807, 2.05) is 41.3 Å². The van der Waals surface area contributed by atoms with Gasteiger partial charge in [-0.15, -0.1) is 0 Å². The monoisotopic (exact) mass is 478 g/mol. The van der Waals surface area contributed by atoms with Gasteiger partial charge in [-0.2, -0.15) is 0 Å². The molecule has 2 aromatic carbocycles. The Morgan fingerprint density at radius 1 is 0.971 bits per heavy atom. The molecule has 0 aliphatic rings. The van der Waals surface area contributed by atoms with Gasteiger partial charge in [0.25, 0.3) is 5.91 Å². The zero-order valence-corrected chi connectivity index (χ0v) is 21.6. The summed E-state index contributed by atoms with van der Waals surface area (Å²) in [6, 6.07) is 15.5. The van der Waals surface area contributed by atoms with E-state index in [0.717, 1.165) is 42.5 Å². The second-order valence-electron chi connectivity index (χ2n) is 9.36. The maximum atomic E-state index is 13.2. The fourth-order valence-electron chi connectivity index (χ4n) is 4.60. The SMILES string of the molecule is COc1ccccc1C(=O)NCCCCCc1nc2ccccc2n1CC(=O)N(C(C)C)C(C)C. The van der Waals surface area contributed by atoms with E-state index in [1.54, 1.807) is 19.2 Å². The van der Waals surface area contributed by atoms with Crippen molar-refractivity contribution < 1.29 is 14.3 Å². The lowest BCUT2D eigenvalue weighted by molar-refractivity contribution is -0.135. The van der Waals surface area contributed by atoms with Crippen LogP contribution in [0.15, 0.2) is 48.5 Å². The van der Waals surface area contributed by atoms with Crippen LogP contribution >= 0.6 is 0 Å². The summed E-state index contributed by atoms with van der Waals surface area (Å²) in [7, 11) is 1.57. The van der Waals surface area contributed by atoms with Crippen LogP contribution in [0, 0.1) is 0 Å². The van der Waals surface area contributed by atoms with Crippen LogP contribution in [0.1, 0.15) is 63.1 Å². The highest BCUT2D eigenvalue weighted by molar-refractivity contribution is 5.96. The maximum absolute atomic E-state index is 13.2. The molecule has 7 heteroatoms. The number of aromatic nitrogens is 2. The Morgan fingerprint density at radius 3 is 2.37 bits per heavy atom. The van der Waals surface area contributed by atoms with Crippen molar-refractivity contribution in [1.29, 1.82) is 0 Å². The second kappa shape index (κ2) is 12.4. The molecule has 0 fully saturated rings. The first kappa shape index (κ1) is 26.3. The number of nitrogens with one attached hydrogen (secondary N) is 1. The van der Waals surface area contributed by atoms with Crippen LogP contribution in [0.25, 0.3) is 11.0 Å². The van der Waals surface area contributed by atoms with E-state index < -0.39 is 0 Å². The zero-order valence-electron chi connectivity index (χ0n) is 21.6. The summed E-state index contributed by atoms with van der Waals surface area (Å²) in [6.07, 6.45) is 3.54. The number of unbranched alkanes of at least 4 members (excludes halogenated alkanes) is 2. The number of methoxy groups -OCH3 is 1. The summed E-state index contributed by atoms with van der Waals surface area (Å²) >= 11 is 0. The van der Waals surface area contributed by atoms with E-state index in [4.69, 9.17) is 9.72 Å². The standard InChI is InChI=1S/C28H38N4O3/c1-20(2)32(21(3)4)27(33)19-31-24-15-10-9-14-23(24)30-26(31)17-7-6-12-18-29-28(34)22-13-8-11-16-25(22)35-5/h8-11,13-16,20-21H,6-7,12,17-19H2,1-5H3,(H,29,34). The van der Waals surface area contributed by atoms with E-state index >= 15 is 0 Å². The van der Waals surface area contributed by atoms with Crippen molar-refractivity contribution >= 4 is 22.8 Å². The van der Waals surface area contributed by atoms with Crippen molar-refractivity contribution in [2.75, 3.05) is 13.7 Å². The van der Waals surface area contributed by atoms with Crippen molar-refractivity contribution in [2.45, 2.75) is 72.0 Å². The van der Waals surface area contributed by atoms with Gasteiger partial charge in [0.2, 0.25) is 5.91 Å². The fraction of sp³-hybridized carbons (Fsp3) is 0.464. The third kappa shape index (κ3) is 6.62. The number of carbonyl (C=O) groups is 2. The maximum Gasteiger partial charge on any atom is 0.255 e. The molecule has 0 aliphatic heterocycles. The summed E-state index contributed by atoms with van der Waals surface area (Å²) in [5, 5.41) is 2.97. The third-order valence-electron chi connectivity index (χ3n) is 6.14. The molecule has 188 valence electrons. The Balaban J connectivity index is 1.57. The molecule has 0 aliphatic carbocycles. The van der Waals surface area contributed by atoms with E-state index in [-0.39, 0.29) is 23.9 Å². The second-order valence-corrected chi connectivity index (χ2v) is 9.36. The average molecular weight is 479 g/mol.